The van der Waals surface area contributed by atoms with Gasteiger partial charge in [0.15, 0.2) is 0 Å². The Balaban J connectivity index is 3.58. The molecule has 0 saturated carbocycles. The van der Waals surface area contributed by atoms with Crippen LogP contribution < -0.4 is 0 Å². The van der Waals surface area contributed by atoms with Crippen molar-refractivity contribution in [2.75, 3.05) is 26.4 Å². The molecule has 0 amide bonds. The Hall–Kier alpha value is -0.970. The summed E-state index contributed by atoms with van der Waals surface area (Å²) in [4.78, 5) is 11.5. The van der Waals surface area contributed by atoms with Crippen molar-refractivity contribution in [2.45, 2.75) is 114 Å². The molecule has 9 nitrogen and oxygen atoms in total. The SMILES string of the molecule is O=C(OCCCCC(O)C(O)CCCCCO)OCCCCC(O)C(O)CCCCCO. The van der Waals surface area contributed by atoms with Crippen LogP contribution in [0.25, 0.3) is 0 Å². The maximum absolute atomic E-state index is 11.5. The number of unbranched alkanes of at least 4 members (excludes halogenated alkanes) is 6. The quantitative estimate of drug-likeness (QED) is 0.104. The Labute approximate surface area is 192 Å². The zero-order valence-electron chi connectivity index (χ0n) is 19.4. The fourth-order valence-electron chi connectivity index (χ4n) is 3.32. The standard InChI is InChI=1S/C23H46O9/c24-15-7-1-3-11-19(26)21(28)13-5-9-17-31-23(30)32-18-10-6-14-22(29)20(27)12-4-2-8-16-25/h19-22,24-29H,1-18H2. The summed E-state index contributed by atoms with van der Waals surface area (Å²) in [6.07, 6.45) is 4.89. The van der Waals surface area contributed by atoms with Gasteiger partial charge in [0.2, 0.25) is 0 Å². The number of aliphatic hydroxyl groups excluding tert-OH is 6. The molecule has 0 aromatic carbocycles. The van der Waals surface area contributed by atoms with Crippen molar-refractivity contribution in [2.24, 2.45) is 0 Å². The van der Waals surface area contributed by atoms with Crippen LogP contribution in [0.15, 0.2) is 0 Å². The molecule has 0 spiro atoms. The first kappa shape index (κ1) is 31.0. The molecule has 0 heterocycles. The van der Waals surface area contributed by atoms with E-state index in [1.165, 1.54) is 0 Å². The van der Waals surface area contributed by atoms with Crippen molar-refractivity contribution in [1.29, 1.82) is 0 Å². The molecule has 0 aliphatic carbocycles. The summed E-state index contributed by atoms with van der Waals surface area (Å²) in [5.41, 5.74) is 0. The predicted octanol–water partition coefficient (Wildman–Crippen LogP) is 2.03. The Kier molecular flexibility index (Phi) is 21.2. The van der Waals surface area contributed by atoms with Crippen LogP contribution >= 0.6 is 0 Å². The zero-order chi connectivity index (χ0) is 24.0. The van der Waals surface area contributed by atoms with E-state index < -0.39 is 30.6 Å². The Bertz CT molecular complexity index is 386. The minimum Gasteiger partial charge on any atom is -0.434 e. The van der Waals surface area contributed by atoms with Gasteiger partial charge in [-0.3, -0.25) is 0 Å². The summed E-state index contributed by atoms with van der Waals surface area (Å²) in [5.74, 6) is 0. The van der Waals surface area contributed by atoms with Gasteiger partial charge in [-0.2, -0.15) is 0 Å². The smallest absolute Gasteiger partial charge is 0.434 e. The van der Waals surface area contributed by atoms with Gasteiger partial charge in [0.25, 0.3) is 0 Å². The van der Waals surface area contributed by atoms with Crippen LogP contribution in [0.2, 0.25) is 0 Å². The highest BCUT2D eigenvalue weighted by Crippen LogP contribution is 2.13. The average Bonchev–Trinajstić information content (AvgIpc) is 2.78. The third-order valence-corrected chi connectivity index (χ3v) is 5.43. The fraction of sp³-hybridized carbons (Fsp3) is 0.957. The van der Waals surface area contributed by atoms with E-state index in [0.29, 0.717) is 64.2 Å². The fourth-order valence-corrected chi connectivity index (χ4v) is 3.32. The molecule has 0 aromatic rings. The second-order valence-corrected chi connectivity index (χ2v) is 8.35. The van der Waals surface area contributed by atoms with Crippen LogP contribution in [0.4, 0.5) is 4.79 Å². The zero-order valence-corrected chi connectivity index (χ0v) is 19.4. The highest BCUT2D eigenvalue weighted by atomic mass is 16.7. The van der Waals surface area contributed by atoms with E-state index in [1.807, 2.05) is 0 Å². The van der Waals surface area contributed by atoms with Crippen LogP contribution in [-0.4, -0.2) is 87.6 Å². The van der Waals surface area contributed by atoms with Gasteiger partial charge in [0, 0.05) is 13.2 Å². The van der Waals surface area contributed by atoms with E-state index in [2.05, 4.69) is 0 Å². The van der Waals surface area contributed by atoms with Gasteiger partial charge in [0.1, 0.15) is 0 Å². The largest absolute Gasteiger partial charge is 0.508 e. The molecule has 32 heavy (non-hydrogen) atoms. The minimum atomic E-state index is -0.800. The lowest BCUT2D eigenvalue weighted by atomic mass is 10.0. The first-order valence-electron chi connectivity index (χ1n) is 12.2. The number of rotatable bonds is 22. The van der Waals surface area contributed by atoms with Crippen LogP contribution in [0, 0.1) is 0 Å². The van der Waals surface area contributed by atoms with Gasteiger partial charge in [0.05, 0.1) is 37.6 Å². The second-order valence-electron chi connectivity index (χ2n) is 8.35. The third-order valence-electron chi connectivity index (χ3n) is 5.43. The molecule has 0 saturated heterocycles. The van der Waals surface area contributed by atoms with Gasteiger partial charge in [-0.15, -0.1) is 0 Å². The predicted molar refractivity (Wildman–Crippen MR) is 120 cm³/mol. The second kappa shape index (κ2) is 21.9. The number of carbonyl (C=O) groups is 1. The maximum atomic E-state index is 11.5. The molecule has 4 atom stereocenters. The summed E-state index contributed by atoms with van der Waals surface area (Å²) in [5, 5.41) is 57.0. The number of ether oxygens (including phenoxy) is 2. The van der Waals surface area contributed by atoms with Crippen LogP contribution in [-0.2, 0) is 9.47 Å². The number of hydrogen-bond acceptors (Lipinski definition) is 9. The lowest BCUT2D eigenvalue weighted by Gasteiger charge is -2.17. The minimum absolute atomic E-state index is 0.141. The van der Waals surface area contributed by atoms with Crippen molar-refractivity contribution in [1.82, 2.24) is 0 Å². The monoisotopic (exact) mass is 466 g/mol. The Morgan fingerprint density at radius 3 is 1.12 bits per heavy atom. The molecule has 0 rings (SSSR count). The van der Waals surface area contributed by atoms with Gasteiger partial charge < -0.3 is 40.1 Å². The normalized spacial score (nSPS) is 15.2. The van der Waals surface area contributed by atoms with E-state index in [-0.39, 0.29) is 26.4 Å². The van der Waals surface area contributed by atoms with Crippen LogP contribution in [0.5, 0.6) is 0 Å². The summed E-state index contributed by atoms with van der Waals surface area (Å²) in [6, 6.07) is 0. The van der Waals surface area contributed by atoms with E-state index in [9.17, 15) is 25.2 Å². The van der Waals surface area contributed by atoms with Crippen LogP contribution in [0.3, 0.4) is 0 Å². The number of hydrogen-bond donors (Lipinski definition) is 6. The maximum Gasteiger partial charge on any atom is 0.508 e. The topological polar surface area (TPSA) is 157 Å². The van der Waals surface area contributed by atoms with Crippen LogP contribution in [0.1, 0.15) is 89.9 Å². The summed E-state index contributed by atoms with van der Waals surface area (Å²) >= 11 is 0. The molecule has 192 valence electrons. The van der Waals surface area contributed by atoms with Gasteiger partial charge >= 0.3 is 6.16 Å². The summed E-state index contributed by atoms with van der Waals surface area (Å²) in [7, 11) is 0. The highest BCUT2D eigenvalue weighted by molar-refractivity contribution is 5.59. The molecule has 4 unspecified atom stereocenters. The summed E-state index contributed by atoms with van der Waals surface area (Å²) in [6.45, 7) is 0.641. The Morgan fingerprint density at radius 2 is 0.812 bits per heavy atom. The third kappa shape index (κ3) is 18.6. The molecule has 0 aromatic heterocycles. The van der Waals surface area contributed by atoms with E-state index in [0.717, 1.165) is 25.7 Å². The first-order valence-corrected chi connectivity index (χ1v) is 12.2. The molecule has 0 aliphatic heterocycles. The van der Waals surface area contributed by atoms with E-state index >= 15 is 0 Å². The highest BCUT2D eigenvalue weighted by Gasteiger charge is 2.16. The van der Waals surface area contributed by atoms with Crippen molar-refractivity contribution in [3.05, 3.63) is 0 Å². The molecule has 0 radical (unpaired) electrons. The lowest BCUT2D eigenvalue weighted by Crippen LogP contribution is -2.26. The number of aliphatic hydroxyl groups is 6. The number of carbonyl (C=O) groups excluding carboxylic acids is 1. The van der Waals surface area contributed by atoms with Gasteiger partial charge in [-0.1, -0.05) is 25.7 Å². The summed E-state index contributed by atoms with van der Waals surface area (Å²) < 4.78 is 9.94. The first-order chi connectivity index (χ1) is 15.4. The van der Waals surface area contributed by atoms with E-state index in [1.54, 1.807) is 0 Å². The van der Waals surface area contributed by atoms with Crippen molar-refractivity contribution in [3.63, 3.8) is 0 Å². The molecular weight excluding hydrogens is 420 g/mol. The van der Waals surface area contributed by atoms with E-state index in [4.69, 9.17) is 19.7 Å². The molecule has 0 fully saturated rings. The average molecular weight is 467 g/mol. The molecule has 0 aliphatic rings. The van der Waals surface area contributed by atoms with Gasteiger partial charge in [-0.05, 0) is 64.2 Å². The molecule has 6 N–H and O–H groups in total. The van der Waals surface area contributed by atoms with Gasteiger partial charge in [-0.25, -0.2) is 4.79 Å². The molecule has 9 heteroatoms. The Morgan fingerprint density at radius 1 is 0.500 bits per heavy atom. The van der Waals surface area contributed by atoms with Crippen molar-refractivity contribution < 1.29 is 44.9 Å². The lowest BCUT2D eigenvalue weighted by molar-refractivity contribution is 0.00426. The van der Waals surface area contributed by atoms with Crippen molar-refractivity contribution in [3.8, 4) is 0 Å². The molecular formula is C23H46O9. The van der Waals surface area contributed by atoms with Crippen molar-refractivity contribution >= 4 is 6.16 Å². The molecule has 0 bridgehead atoms.